The summed E-state index contributed by atoms with van der Waals surface area (Å²) in [5.74, 6) is 1.64. The van der Waals surface area contributed by atoms with Crippen molar-refractivity contribution in [3.05, 3.63) is 77.6 Å². The molecule has 0 amide bonds. The zero-order valence-electron chi connectivity index (χ0n) is 17.4. The molecule has 0 aliphatic heterocycles. The summed E-state index contributed by atoms with van der Waals surface area (Å²) in [5.41, 5.74) is 2.42. The summed E-state index contributed by atoms with van der Waals surface area (Å²) in [6.07, 6.45) is 2.98. The third-order valence-corrected chi connectivity index (χ3v) is 4.45. The zero-order valence-corrected chi connectivity index (χ0v) is 17.4. The first kappa shape index (κ1) is 21.1. The van der Waals surface area contributed by atoms with E-state index in [-0.39, 0.29) is 0 Å². The lowest BCUT2D eigenvalue weighted by Gasteiger charge is -2.23. The fraction of sp³-hybridized carbons (Fsp3) is 0.261. The van der Waals surface area contributed by atoms with Crippen LogP contribution < -0.4 is 14.4 Å². The first-order chi connectivity index (χ1) is 14.6. The summed E-state index contributed by atoms with van der Waals surface area (Å²) >= 11 is 0. The first-order valence-corrected chi connectivity index (χ1v) is 9.63. The number of ether oxygens (including phenoxy) is 3. The highest BCUT2D eigenvalue weighted by molar-refractivity contribution is 5.88. The van der Waals surface area contributed by atoms with Gasteiger partial charge in [-0.05, 0) is 42.3 Å². The Balaban J connectivity index is 1.88. The van der Waals surface area contributed by atoms with Crippen LogP contribution in [0.2, 0.25) is 0 Å². The second-order valence-corrected chi connectivity index (χ2v) is 6.55. The molecule has 0 aliphatic carbocycles. The number of hydrogen-bond donors (Lipinski definition) is 0. The Morgan fingerprint density at radius 3 is 1.90 bits per heavy atom. The second kappa shape index (κ2) is 10.2. The van der Waals surface area contributed by atoms with Crippen LogP contribution in [0.3, 0.4) is 0 Å². The lowest BCUT2D eigenvalue weighted by atomic mass is 10.1. The van der Waals surface area contributed by atoms with E-state index in [1.165, 1.54) is 12.4 Å². The van der Waals surface area contributed by atoms with Gasteiger partial charge in [-0.15, -0.1) is 0 Å². The van der Waals surface area contributed by atoms with E-state index >= 15 is 0 Å². The van der Waals surface area contributed by atoms with Crippen molar-refractivity contribution in [2.45, 2.75) is 20.0 Å². The number of carbonyl (C=O) groups excluding carboxylic acids is 1. The topological polar surface area (TPSA) is 73.8 Å². The monoisotopic (exact) mass is 407 g/mol. The van der Waals surface area contributed by atoms with Crippen molar-refractivity contribution in [3.63, 3.8) is 0 Å². The lowest BCUT2D eigenvalue weighted by molar-refractivity contribution is 0.0525. The number of aromatic nitrogens is 2. The summed E-state index contributed by atoms with van der Waals surface area (Å²) in [4.78, 5) is 22.8. The molecule has 7 nitrogen and oxygen atoms in total. The number of methoxy groups -OCH3 is 2. The molecule has 0 unspecified atom stereocenters. The minimum Gasteiger partial charge on any atom is -0.497 e. The number of anilines is 1. The predicted octanol–water partition coefficient (Wildman–Crippen LogP) is 3.88. The molecule has 30 heavy (non-hydrogen) atoms. The molecule has 0 radical (unpaired) electrons. The Bertz CT molecular complexity index is 927. The second-order valence-electron chi connectivity index (χ2n) is 6.55. The van der Waals surface area contributed by atoms with Gasteiger partial charge in [0.2, 0.25) is 5.95 Å². The van der Waals surface area contributed by atoms with Gasteiger partial charge >= 0.3 is 5.97 Å². The summed E-state index contributed by atoms with van der Waals surface area (Å²) in [6, 6.07) is 15.7. The predicted molar refractivity (Wildman–Crippen MR) is 114 cm³/mol. The van der Waals surface area contributed by atoms with E-state index in [0.29, 0.717) is 31.2 Å². The number of esters is 1. The number of carbonyl (C=O) groups is 1. The van der Waals surface area contributed by atoms with Gasteiger partial charge in [-0.25, -0.2) is 14.8 Å². The van der Waals surface area contributed by atoms with E-state index in [2.05, 4.69) is 9.97 Å². The fourth-order valence-corrected chi connectivity index (χ4v) is 2.98. The van der Waals surface area contributed by atoms with Crippen molar-refractivity contribution in [1.29, 1.82) is 0 Å². The van der Waals surface area contributed by atoms with Crippen LogP contribution in [-0.4, -0.2) is 36.8 Å². The van der Waals surface area contributed by atoms with Gasteiger partial charge in [-0.3, -0.25) is 0 Å². The average Bonchev–Trinajstić information content (AvgIpc) is 2.79. The molecule has 0 saturated heterocycles. The molecule has 7 heteroatoms. The fourth-order valence-electron chi connectivity index (χ4n) is 2.98. The Hall–Kier alpha value is -3.61. The van der Waals surface area contributed by atoms with Gasteiger partial charge in [0, 0.05) is 25.5 Å². The molecule has 0 saturated carbocycles. The SMILES string of the molecule is CCOC(=O)c1cnc(N(Cc2cccc(OC)c2)Cc2cccc(OC)c2)nc1. The largest absolute Gasteiger partial charge is 0.497 e. The first-order valence-electron chi connectivity index (χ1n) is 9.63. The minimum absolute atomic E-state index is 0.304. The van der Waals surface area contributed by atoms with Gasteiger partial charge in [0.1, 0.15) is 11.5 Å². The number of nitrogens with zero attached hydrogens (tertiary/aromatic N) is 3. The third-order valence-electron chi connectivity index (χ3n) is 4.45. The van der Waals surface area contributed by atoms with Crippen molar-refractivity contribution < 1.29 is 19.0 Å². The van der Waals surface area contributed by atoms with E-state index in [4.69, 9.17) is 14.2 Å². The van der Waals surface area contributed by atoms with E-state index in [9.17, 15) is 4.79 Å². The van der Waals surface area contributed by atoms with Crippen molar-refractivity contribution in [2.75, 3.05) is 25.7 Å². The van der Waals surface area contributed by atoms with Crippen LogP contribution in [-0.2, 0) is 17.8 Å². The molecule has 1 aromatic heterocycles. The molecule has 3 rings (SSSR count). The average molecular weight is 407 g/mol. The maximum Gasteiger partial charge on any atom is 0.341 e. The Morgan fingerprint density at radius 1 is 0.900 bits per heavy atom. The molecule has 0 spiro atoms. The Labute approximate surface area is 176 Å². The van der Waals surface area contributed by atoms with Gasteiger partial charge in [0.05, 0.1) is 26.4 Å². The smallest absolute Gasteiger partial charge is 0.341 e. The van der Waals surface area contributed by atoms with Crippen LogP contribution in [0.4, 0.5) is 5.95 Å². The van der Waals surface area contributed by atoms with Crippen LogP contribution in [0.25, 0.3) is 0 Å². The molecule has 156 valence electrons. The maximum absolute atomic E-state index is 11.9. The highest BCUT2D eigenvalue weighted by Crippen LogP contribution is 2.21. The van der Waals surface area contributed by atoms with Gasteiger partial charge in [-0.1, -0.05) is 24.3 Å². The summed E-state index contributed by atoms with van der Waals surface area (Å²) in [6.45, 7) is 3.19. The molecular formula is C23H25N3O4. The molecule has 0 bridgehead atoms. The highest BCUT2D eigenvalue weighted by atomic mass is 16.5. The van der Waals surface area contributed by atoms with Gasteiger partial charge in [0.15, 0.2) is 0 Å². The summed E-state index contributed by atoms with van der Waals surface area (Å²) in [5, 5.41) is 0. The van der Waals surface area contributed by atoms with Crippen molar-refractivity contribution in [1.82, 2.24) is 9.97 Å². The molecular weight excluding hydrogens is 382 g/mol. The molecule has 3 aromatic rings. The number of benzene rings is 2. The van der Waals surface area contributed by atoms with Crippen molar-refractivity contribution >= 4 is 11.9 Å². The van der Waals surface area contributed by atoms with Gasteiger partial charge < -0.3 is 19.1 Å². The number of hydrogen-bond acceptors (Lipinski definition) is 7. The Kier molecular flexibility index (Phi) is 7.21. The van der Waals surface area contributed by atoms with Crippen molar-refractivity contribution in [2.24, 2.45) is 0 Å². The van der Waals surface area contributed by atoms with Gasteiger partial charge in [-0.2, -0.15) is 0 Å². The maximum atomic E-state index is 11.9. The molecule has 0 aliphatic rings. The highest BCUT2D eigenvalue weighted by Gasteiger charge is 2.15. The molecule has 2 aromatic carbocycles. The Morgan fingerprint density at radius 2 is 1.43 bits per heavy atom. The van der Waals surface area contributed by atoms with Crippen LogP contribution >= 0.6 is 0 Å². The normalized spacial score (nSPS) is 10.4. The van der Waals surface area contributed by atoms with E-state index < -0.39 is 5.97 Å². The van der Waals surface area contributed by atoms with Gasteiger partial charge in [0.25, 0.3) is 0 Å². The lowest BCUT2D eigenvalue weighted by Crippen LogP contribution is -2.24. The molecule has 0 fully saturated rings. The van der Waals surface area contributed by atoms with E-state index in [1.54, 1.807) is 21.1 Å². The van der Waals surface area contributed by atoms with E-state index in [0.717, 1.165) is 22.6 Å². The van der Waals surface area contributed by atoms with Crippen LogP contribution in [0.5, 0.6) is 11.5 Å². The zero-order chi connectivity index (χ0) is 21.3. The summed E-state index contributed by atoms with van der Waals surface area (Å²) in [7, 11) is 3.29. The van der Waals surface area contributed by atoms with E-state index in [1.807, 2.05) is 53.4 Å². The molecule has 1 heterocycles. The molecule has 0 N–H and O–H groups in total. The van der Waals surface area contributed by atoms with Crippen molar-refractivity contribution in [3.8, 4) is 11.5 Å². The molecule has 0 atom stereocenters. The number of rotatable bonds is 9. The quantitative estimate of drug-likeness (QED) is 0.498. The van der Waals surface area contributed by atoms with Crippen LogP contribution in [0, 0.1) is 0 Å². The third kappa shape index (κ3) is 5.47. The summed E-state index contributed by atoms with van der Waals surface area (Å²) < 4.78 is 15.7. The standard InChI is InChI=1S/C23H25N3O4/c1-4-30-22(27)19-13-24-23(25-14-19)26(15-17-7-5-9-20(11-17)28-2)16-18-8-6-10-21(12-18)29-3/h5-14H,4,15-16H2,1-3H3. The van der Waals surface area contributed by atoms with Crippen LogP contribution in [0.15, 0.2) is 60.9 Å². The minimum atomic E-state index is -0.434. The van der Waals surface area contributed by atoms with Crippen LogP contribution in [0.1, 0.15) is 28.4 Å².